The fourth-order valence-corrected chi connectivity index (χ4v) is 2.34. The monoisotopic (exact) mass is 234 g/mol. The van der Waals surface area contributed by atoms with Gasteiger partial charge < -0.3 is 4.90 Å². The Morgan fingerprint density at radius 1 is 0.833 bits per heavy atom. The first kappa shape index (κ1) is 11.0. The molecule has 0 N–H and O–H groups in total. The van der Waals surface area contributed by atoms with Gasteiger partial charge in [-0.05, 0) is 12.1 Å². The van der Waals surface area contributed by atoms with Crippen molar-refractivity contribution in [2.45, 2.75) is 0 Å². The predicted octanol–water partition coefficient (Wildman–Crippen LogP) is 4.29. The highest BCUT2D eigenvalue weighted by molar-refractivity contribution is 5.98. The van der Waals surface area contributed by atoms with Crippen molar-refractivity contribution >= 4 is 16.5 Å². The topological polar surface area (TPSA) is 3.24 Å². The Morgan fingerprint density at radius 3 is 2.33 bits per heavy atom. The van der Waals surface area contributed by atoms with Gasteiger partial charge in [0.25, 0.3) is 0 Å². The number of benzene rings is 2. The van der Waals surface area contributed by atoms with E-state index in [0.29, 0.717) is 0 Å². The van der Waals surface area contributed by atoms with E-state index in [1.54, 1.807) is 0 Å². The van der Waals surface area contributed by atoms with Crippen molar-refractivity contribution in [3.8, 4) is 11.1 Å². The van der Waals surface area contributed by atoms with Crippen molar-refractivity contribution in [1.82, 2.24) is 0 Å². The molecule has 0 aliphatic rings. The standard InChI is InChI=1S/C17H16N/c1-18(2)15-10-7-14(8-11-15)17-12-9-13-5-3-4-6-16(13)17/h3-12H,1-2H3/q-1. The van der Waals surface area contributed by atoms with Crippen LogP contribution in [0.1, 0.15) is 0 Å². The summed E-state index contributed by atoms with van der Waals surface area (Å²) in [5.41, 5.74) is 3.83. The van der Waals surface area contributed by atoms with Crippen molar-refractivity contribution in [3.63, 3.8) is 0 Å². The molecule has 0 spiro atoms. The van der Waals surface area contributed by atoms with Gasteiger partial charge in [0.1, 0.15) is 0 Å². The second-order valence-corrected chi connectivity index (χ2v) is 4.78. The number of anilines is 1. The van der Waals surface area contributed by atoms with E-state index >= 15 is 0 Å². The zero-order valence-electron chi connectivity index (χ0n) is 10.7. The molecule has 3 rings (SSSR count). The summed E-state index contributed by atoms with van der Waals surface area (Å²) in [6.45, 7) is 0. The van der Waals surface area contributed by atoms with E-state index in [0.717, 1.165) is 0 Å². The van der Waals surface area contributed by atoms with Gasteiger partial charge >= 0.3 is 0 Å². The lowest BCUT2D eigenvalue weighted by atomic mass is 10.0. The van der Waals surface area contributed by atoms with Gasteiger partial charge in [-0.15, -0.1) is 47.3 Å². The van der Waals surface area contributed by atoms with Crippen LogP contribution >= 0.6 is 0 Å². The molecule has 3 aromatic carbocycles. The third kappa shape index (κ3) is 1.78. The van der Waals surface area contributed by atoms with Crippen molar-refractivity contribution in [2.24, 2.45) is 0 Å². The molecule has 0 aromatic heterocycles. The number of rotatable bonds is 2. The molecular weight excluding hydrogens is 218 g/mol. The molecule has 0 atom stereocenters. The largest absolute Gasteiger partial charge is 0.378 e. The molecule has 0 amide bonds. The minimum Gasteiger partial charge on any atom is -0.378 e. The molecule has 0 radical (unpaired) electrons. The van der Waals surface area contributed by atoms with Gasteiger partial charge in [-0.3, -0.25) is 0 Å². The van der Waals surface area contributed by atoms with Gasteiger partial charge in [0, 0.05) is 19.8 Å². The molecule has 0 heterocycles. The lowest BCUT2D eigenvalue weighted by Crippen LogP contribution is -2.07. The second kappa shape index (κ2) is 4.26. The van der Waals surface area contributed by atoms with Gasteiger partial charge in [0.15, 0.2) is 0 Å². The lowest BCUT2D eigenvalue weighted by Gasteiger charge is -2.13. The van der Waals surface area contributed by atoms with Crippen molar-refractivity contribution < 1.29 is 0 Å². The van der Waals surface area contributed by atoms with E-state index in [9.17, 15) is 0 Å². The van der Waals surface area contributed by atoms with E-state index in [2.05, 4.69) is 79.7 Å². The van der Waals surface area contributed by atoms with Crippen LogP contribution in [0.25, 0.3) is 21.9 Å². The van der Waals surface area contributed by atoms with Crippen LogP contribution in [0.5, 0.6) is 0 Å². The summed E-state index contributed by atoms with van der Waals surface area (Å²) in [6, 6.07) is 21.6. The van der Waals surface area contributed by atoms with Crippen molar-refractivity contribution in [1.29, 1.82) is 0 Å². The summed E-state index contributed by atoms with van der Waals surface area (Å²) in [5.74, 6) is 0. The van der Waals surface area contributed by atoms with Crippen LogP contribution in [0.4, 0.5) is 5.69 Å². The van der Waals surface area contributed by atoms with Crippen LogP contribution in [-0.4, -0.2) is 14.1 Å². The zero-order valence-corrected chi connectivity index (χ0v) is 10.7. The maximum absolute atomic E-state index is 2.20. The predicted molar refractivity (Wildman–Crippen MR) is 79.3 cm³/mol. The average molecular weight is 234 g/mol. The fraction of sp³-hybridized carbons (Fsp3) is 0.118. The summed E-state index contributed by atoms with van der Waals surface area (Å²) >= 11 is 0. The first-order chi connectivity index (χ1) is 8.75. The summed E-state index contributed by atoms with van der Waals surface area (Å²) in [5, 5.41) is 2.64. The Kier molecular flexibility index (Phi) is 2.60. The zero-order chi connectivity index (χ0) is 12.5. The molecule has 1 nitrogen and oxygen atoms in total. The minimum atomic E-state index is 1.23. The summed E-state index contributed by atoms with van der Waals surface area (Å²) < 4.78 is 0. The highest BCUT2D eigenvalue weighted by atomic mass is 15.1. The molecule has 0 bridgehead atoms. The Bertz CT molecular complexity index is 659. The SMILES string of the molecule is CN(C)c1ccc(-c2cc[c-]3ccccc23)cc1. The Hall–Kier alpha value is -2.15. The molecule has 0 saturated heterocycles. The Morgan fingerprint density at radius 2 is 1.61 bits per heavy atom. The Balaban J connectivity index is 2.09. The van der Waals surface area contributed by atoms with E-state index in [4.69, 9.17) is 0 Å². The summed E-state index contributed by atoms with van der Waals surface area (Å²) in [4.78, 5) is 2.12. The van der Waals surface area contributed by atoms with Crippen LogP contribution in [0.3, 0.4) is 0 Å². The van der Waals surface area contributed by atoms with Gasteiger partial charge in [0.2, 0.25) is 0 Å². The van der Waals surface area contributed by atoms with Gasteiger partial charge in [0.05, 0.1) is 0 Å². The first-order valence-electron chi connectivity index (χ1n) is 6.18. The van der Waals surface area contributed by atoms with Gasteiger partial charge in [-0.1, -0.05) is 23.1 Å². The molecule has 0 fully saturated rings. The maximum atomic E-state index is 2.20. The van der Waals surface area contributed by atoms with E-state index in [-0.39, 0.29) is 0 Å². The van der Waals surface area contributed by atoms with Crippen LogP contribution in [0.2, 0.25) is 0 Å². The third-order valence-corrected chi connectivity index (χ3v) is 3.38. The molecule has 90 valence electrons. The summed E-state index contributed by atoms with van der Waals surface area (Å²) in [6.07, 6.45) is 0. The van der Waals surface area contributed by atoms with Crippen LogP contribution in [0.15, 0.2) is 60.7 Å². The molecule has 18 heavy (non-hydrogen) atoms. The number of nitrogens with zero attached hydrogens (tertiary/aromatic N) is 1. The molecule has 3 aromatic rings. The normalized spacial score (nSPS) is 10.8. The van der Waals surface area contributed by atoms with Gasteiger partial charge in [-0.25, -0.2) is 0 Å². The minimum absolute atomic E-state index is 1.23. The highest BCUT2D eigenvalue weighted by Gasteiger charge is 1.99. The molecule has 0 saturated carbocycles. The summed E-state index contributed by atoms with van der Waals surface area (Å²) in [7, 11) is 4.12. The fourth-order valence-electron chi connectivity index (χ4n) is 2.34. The molecule has 1 heteroatoms. The molecule has 0 aliphatic heterocycles. The highest BCUT2D eigenvalue weighted by Crippen LogP contribution is 2.31. The Labute approximate surface area is 108 Å². The average Bonchev–Trinajstić information content (AvgIpc) is 2.82. The molecule has 0 unspecified atom stereocenters. The van der Waals surface area contributed by atoms with Crippen molar-refractivity contribution in [3.05, 3.63) is 60.7 Å². The smallest absolute Gasteiger partial charge is 0.0360 e. The molecule has 0 aliphatic carbocycles. The first-order valence-corrected chi connectivity index (χ1v) is 6.18. The van der Waals surface area contributed by atoms with Crippen molar-refractivity contribution in [2.75, 3.05) is 19.0 Å². The van der Waals surface area contributed by atoms with Crippen LogP contribution in [0, 0.1) is 0 Å². The maximum Gasteiger partial charge on any atom is 0.0360 e. The molecular formula is C17H16N-. The van der Waals surface area contributed by atoms with E-state index in [1.807, 2.05) is 0 Å². The second-order valence-electron chi connectivity index (χ2n) is 4.78. The number of hydrogen-bond acceptors (Lipinski definition) is 1. The lowest BCUT2D eigenvalue weighted by molar-refractivity contribution is 1.13. The third-order valence-electron chi connectivity index (χ3n) is 3.38. The number of fused-ring (bicyclic) bond motifs is 1. The van der Waals surface area contributed by atoms with Gasteiger partial charge in [-0.2, -0.15) is 0 Å². The van der Waals surface area contributed by atoms with Crippen LogP contribution in [-0.2, 0) is 0 Å². The van der Waals surface area contributed by atoms with E-state index in [1.165, 1.54) is 27.6 Å². The van der Waals surface area contributed by atoms with Crippen LogP contribution < -0.4 is 4.90 Å². The number of hydrogen-bond donors (Lipinski definition) is 0. The quantitative estimate of drug-likeness (QED) is 0.598. The van der Waals surface area contributed by atoms with E-state index < -0.39 is 0 Å².